The van der Waals surface area contributed by atoms with E-state index in [0.717, 1.165) is 5.56 Å². The van der Waals surface area contributed by atoms with Gasteiger partial charge in [-0.3, -0.25) is 14.4 Å². The number of carbonyl (C=O) groups is 3. The van der Waals surface area contributed by atoms with E-state index >= 15 is 0 Å². The van der Waals surface area contributed by atoms with Crippen LogP contribution in [0.1, 0.15) is 26.3 Å². The summed E-state index contributed by atoms with van der Waals surface area (Å²) in [6, 6.07) is 6.21. The smallest absolute Gasteiger partial charge is 0.243 e. The van der Waals surface area contributed by atoms with E-state index in [1.54, 1.807) is 6.92 Å². The van der Waals surface area contributed by atoms with Gasteiger partial charge in [0.15, 0.2) is 0 Å². The molecule has 1 unspecified atom stereocenters. The highest BCUT2D eigenvalue weighted by molar-refractivity contribution is 7.80. The minimum Gasteiger partial charge on any atom is -0.390 e. The minimum atomic E-state index is -0.876. The summed E-state index contributed by atoms with van der Waals surface area (Å²) < 4.78 is 0. The molecule has 0 aromatic heterocycles. The summed E-state index contributed by atoms with van der Waals surface area (Å²) in [5.41, 5.74) is 6.35. The van der Waals surface area contributed by atoms with Crippen molar-refractivity contribution < 1.29 is 19.5 Å². The number of nitrogens with one attached hydrogen (secondary N) is 3. The molecule has 156 valence electrons. The van der Waals surface area contributed by atoms with Gasteiger partial charge in [-0.25, -0.2) is 0 Å². The van der Waals surface area contributed by atoms with Crippen LogP contribution >= 0.6 is 12.6 Å². The number of thiol groups is 1. The zero-order chi connectivity index (χ0) is 21.3. The molecule has 0 spiro atoms. The highest BCUT2D eigenvalue weighted by atomic mass is 32.1. The number of nitrogens with two attached hydrogens (primary N) is 1. The van der Waals surface area contributed by atoms with Gasteiger partial charge >= 0.3 is 0 Å². The third-order valence-corrected chi connectivity index (χ3v) is 4.59. The Bertz CT molecular complexity index is 657. The fourth-order valence-corrected chi connectivity index (χ4v) is 2.66. The summed E-state index contributed by atoms with van der Waals surface area (Å²) in [5, 5.41) is 17.7. The van der Waals surface area contributed by atoms with Gasteiger partial charge in [-0.2, -0.15) is 12.6 Å². The Morgan fingerprint density at radius 3 is 2.14 bits per heavy atom. The lowest BCUT2D eigenvalue weighted by Crippen LogP contribution is -2.56. The molecule has 0 heterocycles. The third kappa shape index (κ3) is 7.87. The molecule has 1 aromatic rings. The Kier molecular flexibility index (Phi) is 9.98. The molecule has 0 bridgehead atoms. The Morgan fingerprint density at radius 2 is 1.61 bits per heavy atom. The van der Waals surface area contributed by atoms with E-state index in [0.29, 0.717) is 0 Å². The molecule has 0 radical (unpaired) electrons. The second-order valence-electron chi connectivity index (χ2n) is 6.82. The van der Waals surface area contributed by atoms with E-state index in [-0.39, 0.29) is 12.2 Å². The summed E-state index contributed by atoms with van der Waals surface area (Å²) >= 11 is 4.02. The number of hydrogen-bond donors (Lipinski definition) is 6. The maximum Gasteiger partial charge on any atom is 0.243 e. The molecule has 1 rings (SSSR count). The Morgan fingerprint density at radius 1 is 1.00 bits per heavy atom. The first-order chi connectivity index (χ1) is 13.1. The highest BCUT2D eigenvalue weighted by Crippen LogP contribution is 2.05. The van der Waals surface area contributed by atoms with Crippen molar-refractivity contribution in [3.8, 4) is 0 Å². The first kappa shape index (κ1) is 23.9. The van der Waals surface area contributed by atoms with Gasteiger partial charge in [-0.05, 0) is 26.3 Å². The number of amides is 3. The third-order valence-electron chi connectivity index (χ3n) is 4.22. The lowest BCUT2D eigenvalue weighted by atomic mass is 10.0. The van der Waals surface area contributed by atoms with Crippen molar-refractivity contribution in [1.29, 1.82) is 0 Å². The van der Waals surface area contributed by atoms with Crippen LogP contribution in [-0.4, -0.2) is 58.9 Å². The fourth-order valence-electron chi connectivity index (χ4n) is 2.35. The predicted octanol–water partition coefficient (Wildman–Crippen LogP) is -0.639. The average molecular weight is 411 g/mol. The van der Waals surface area contributed by atoms with Gasteiger partial charge in [0.05, 0.1) is 18.2 Å². The number of aliphatic hydroxyl groups excluding tert-OH is 1. The topological polar surface area (TPSA) is 134 Å². The molecule has 8 nitrogen and oxygen atoms in total. The van der Waals surface area contributed by atoms with Crippen LogP contribution in [0.25, 0.3) is 0 Å². The summed E-state index contributed by atoms with van der Waals surface area (Å²) in [7, 11) is 0. The van der Waals surface area contributed by atoms with Gasteiger partial charge in [-0.15, -0.1) is 0 Å². The van der Waals surface area contributed by atoms with Crippen molar-refractivity contribution in [3.05, 3.63) is 35.9 Å². The molecule has 5 atom stereocenters. The number of aliphatic hydroxyl groups is 1. The first-order valence-corrected chi connectivity index (χ1v) is 9.78. The van der Waals surface area contributed by atoms with Crippen LogP contribution in [0.15, 0.2) is 30.3 Å². The van der Waals surface area contributed by atoms with Crippen molar-refractivity contribution in [3.63, 3.8) is 0 Å². The molecule has 28 heavy (non-hydrogen) atoms. The maximum absolute atomic E-state index is 12.7. The molecule has 3 amide bonds. The van der Waals surface area contributed by atoms with Crippen LogP contribution in [0.4, 0.5) is 0 Å². The zero-order valence-corrected chi connectivity index (χ0v) is 17.3. The van der Waals surface area contributed by atoms with E-state index in [9.17, 15) is 19.5 Å². The summed E-state index contributed by atoms with van der Waals surface area (Å²) in [6.07, 6.45) is -0.555. The van der Waals surface area contributed by atoms with Gasteiger partial charge in [0, 0.05) is 12.2 Å². The van der Waals surface area contributed by atoms with Gasteiger partial charge in [0.25, 0.3) is 0 Å². The summed E-state index contributed by atoms with van der Waals surface area (Å²) in [4.78, 5) is 36.9. The standard InChI is InChI=1S/C19H30N4O4S/c1-11(20)17(25)22-13(3)18(26)23-15(9-14-7-5-4-6-8-14)19(27)21-12(2)16(24)10-28/h4-8,11-13,15-16,24,28H,9-10,20H2,1-3H3,(H,21,27)(H,22,25)(H,23,26)/t11-,12-,13-,15-,16?/m0/s1. The van der Waals surface area contributed by atoms with E-state index in [2.05, 4.69) is 28.6 Å². The molecule has 1 aromatic carbocycles. The van der Waals surface area contributed by atoms with Crippen molar-refractivity contribution >= 4 is 30.4 Å². The normalized spacial score (nSPS) is 16.2. The molecule has 6 N–H and O–H groups in total. The van der Waals surface area contributed by atoms with Crippen LogP contribution in [0, 0.1) is 0 Å². The Labute approximate surface area is 171 Å². The van der Waals surface area contributed by atoms with Crippen molar-refractivity contribution in [2.45, 2.75) is 57.5 Å². The van der Waals surface area contributed by atoms with Crippen LogP contribution in [0.3, 0.4) is 0 Å². The molecular weight excluding hydrogens is 380 g/mol. The van der Waals surface area contributed by atoms with Crippen LogP contribution < -0.4 is 21.7 Å². The Balaban J connectivity index is 2.86. The molecule has 0 saturated carbocycles. The number of hydrogen-bond acceptors (Lipinski definition) is 6. The largest absolute Gasteiger partial charge is 0.390 e. The Hall–Kier alpha value is -2.10. The molecule has 0 aliphatic carbocycles. The lowest BCUT2D eigenvalue weighted by molar-refractivity contribution is -0.132. The van der Waals surface area contributed by atoms with Gasteiger partial charge in [0.1, 0.15) is 12.1 Å². The highest BCUT2D eigenvalue weighted by Gasteiger charge is 2.27. The number of carbonyl (C=O) groups excluding carboxylic acids is 3. The van der Waals surface area contributed by atoms with Gasteiger partial charge in [0.2, 0.25) is 17.7 Å². The molecule has 9 heteroatoms. The second kappa shape index (κ2) is 11.7. The quantitative estimate of drug-likeness (QED) is 0.286. The van der Waals surface area contributed by atoms with Crippen LogP contribution in [0.2, 0.25) is 0 Å². The second-order valence-corrected chi connectivity index (χ2v) is 7.18. The van der Waals surface area contributed by atoms with E-state index in [4.69, 9.17) is 5.73 Å². The summed E-state index contributed by atoms with van der Waals surface area (Å²) in [5.74, 6) is -1.21. The lowest BCUT2D eigenvalue weighted by Gasteiger charge is -2.25. The van der Waals surface area contributed by atoms with E-state index in [1.807, 2.05) is 30.3 Å². The summed E-state index contributed by atoms with van der Waals surface area (Å²) in [6.45, 7) is 4.69. The number of benzene rings is 1. The average Bonchev–Trinajstić information content (AvgIpc) is 2.67. The van der Waals surface area contributed by atoms with E-state index in [1.165, 1.54) is 13.8 Å². The van der Waals surface area contributed by atoms with E-state index < -0.39 is 48.0 Å². The minimum absolute atomic E-state index is 0.192. The SMILES string of the molecule is C[C@H](N)C(=O)N[C@@H](C)C(=O)N[C@@H](Cc1ccccc1)C(=O)N[C@@H](C)C(O)CS. The monoisotopic (exact) mass is 410 g/mol. The van der Waals surface area contributed by atoms with Gasteiger partial charge < -0.3 is 26.8 Å². The molecule has 0 aliphatic rings. The van der Waals surface area contributed by atoms with Crippen molar-refractivity contribution in [2.24, 2.45) is 5.73 Å². The predicted molar refractivity (Wildman–Crippen MR) is 111 cm³/mol. The van der Waals surface area contributed by atoms with Crippen molar-refractivity contribution in [1.82, 2.24) is 16.0 Å². The zero-order valence-electron chi connectivity index (χ0n) is 16.4. The molecule has 0 saturated heterocycles. The first-order valence-electron chi connectivity index (χ1n) is 9.15. The molecular formula is C19H30N4O4S. The van der Waals surface area contributed by atoms with Gasteiger partial charge in [-0.1, -0.05) is 30.3 Å². The molecule has 0 fully saturated rings. The van der Waals surface area contributed by atoms with Crippen molar-refractivity contribution in [2.75, 3.05) is 5.75 Å². The maximum atomic E-state index is 12.7. The van der Waals surface area contributed by atoms with Crippen LogP contribution in [0.5, 0.6) is 0 Å². The molecule has 0 aliphatic heterocycles. The fraction of sp³-hybridized carbons (Fsp3) is 0.526. The number of rotatable bonds is 10. The van der Waals surface area contributed by atoms with Crippen LogP contribution in [-0.2, 0) is 20.8 Å².